The number of unbranched alkanes of at least 4 members (excludes halogenated alkanes) is 4. The van der Waals surface area contributed by atoms with Gasteiger partial charge in [0.2, 0.25) is 0 Å². The van der Waals surface area contributed by atoms with E-state index in [2.05, 4.69) is 22.8 Å². The number of furan rings is 2. The number of nitrogens with one attached hydrogen (secondary N) is 2. The maximum absolute atomic E-state index is 13.0. The maximum Gasteiger partial charge on any atom is 0.325 e. The predicted octanol–water partition coefficient (Wildman–Crippen LogP) is 10.9. The molecule has 0 aliphatic carbocycles. The number of hydrogen-bond donors (Lipinski definition) is 6. The van der Waals surface area contributed by atoms with Gasteiger partial charge in [-0.25, -0.2) is 4.39 Å². The van der Waals surface area contributed by atoms with E-state index < -0.39 is 15.2 Å². The average Bonchev–Trinajstić information content (AvgIpc) is 4.06. The van der Waals surface area contributed by atoms with Crippen LogP contribution in [0.3, 0.4) is 0 Å². The Hall–Kier alpha value is -5.01. The molecule has 362 valence electrons. The smallest absolute Gasteiger partial charge is 0.325 e. The number of aryl methyl sites for hydroxylation is 2. The van der Waals surface area contributed by atoms with Gasteiger partial charge in [-0.2, -0.15) is 0 Å². The first-order valence-corrected chi connectivity index (χ1v) is 26.4. The standard InChI is InChI=1S/C26H34NO6P.C25H31FNO5P/c1-31-23-10-5-9-21(18-23)8-3-2-4-15-32-26-13-12-22(19-24(26)25-11-6-16-33-25)20-27-14-7-17-34(28,29)30;26-22-11-8-20(9-12-22)6-2-1-3-15-31-25-13-10-21(18-23(25)24-7-4-16-32-24)19-27-14-5-17-33(28,29)30/h5-6,9-13,16,18-19,27H,2-4,7-8,14-15,17,20H2,1H3,(H2,28,29,30);4,7-13,16,18,27H,1-3,5-6,14-15,17,19H2,(H2,28,29,30). The number of benzene rings is 4. The van der Waals surface area contributed by atoms with Gasteiger partial charge in [0.1, 0.15) is 34.6 Å². The van der Waals surface area contributed by atoms with Crippen LogP contribution in [0.25, 0.3) is 22.6 Å². The lowest BCUT2D eigenvalue weighted by Crippen LogP contribution is -2.16. The summed E-state index contributed by atoms with van der Waals surface area (Å²) in [5.74, 6) is 3.70. The largest absolute Gasteiger partial charge is 0.497 e. The maximum atomic E-state index is 13.0. The number of halogens is 1. The summed E-state index contributed by atoms with van der Waals surface area (Å²) in [6.45, 7) is 3.47. The molecule has 67 heavy (non-hydrogen) atoms. The van der Waals surface area contributed by atoms with E-state index in [0.29, 0.717) is 52.2 Å². The van der Waals surface area contributed by atoms with E-state index in [1.54, 1.807) is 19.6 Å². The van der Waals surface area contributed by atoms with E-state index in [1.165, 1.54) is 17.7 Å². The van der Waals surface area contributed by atoms with Gasteiger partial charge in [0, 0.05) is 13.1 Å². The number of methoxy groups -OCH3 is 1. The minimum absolute atomic E-state index is 0.107. The Morgan fingerprint density at radius 1 is 0.537 bits per heavy atom. The SMILES string of the molecule is COc1cccc(CCCCCOc2ccc(CNCCCP(=O)(O)O)cc2-c2ccco2)c1.O=P(O)(O)CCCNCc1ccc(OCCCCCc2ccc(F)cc2)c(-c2ccco2)c1. The molecule has 0 aliphatic rings. The number of rotatable bonds is 29. The molecular weight excluding hydrogens is 898 g/mol. The van der Waals surface area contributed by atoms with Crippen LogP contribution in [0.2, 0.25) is 0 Å². The number of ether oxygens (including phenoxy) is 3. The summed E-state index contributed by atoms with van der Waals surface area (Å²) in [7, 11) is -6.19. The van der Waals surface area contributed by atoms with Gasteiger partial charge in [-0.15, -0.1) is 0 Å². The van der Waals surface area contributed by atoms with Crippen LogP contribution in [0.15, 0.2) is 131 Å². The van der Waals surface area contributed by atoms with Gasteiger partial charge in [0.05, 0.1) is 56.3 Å². The molecule has 16 heteroatoms. The molecule has 0 spiro atoms. The second kappa shape index (κ2) is 28.3. The molecule has 6 aromatic rings. The van der Waals surface area contributed by atoms with Crippen LogP contribution < -0.4 is 24.8 Å². The molecule has 6 N–H and O–H groups in total. The molecule has 2 heterocycles. The minimum Gasteiger partial charge on any atom is -0.497 e. The van der Waals surface area contributed by atoms with E-state index in [0.717, 1.165) is 108 Å². The average molecular weight is 963 g/mol. The van der Waals surface area contributed by atoms with E-state index >= 15 is 0 Å². The van der Waals surface area contributed by atoms with Crippen molar-refractivity contribution in [3.63, 3.8) is 0 Å². The van der Waals surface area contributed by atoms with Crippen molar-refractivity contribution in [3.8, 4) is 39.9 Å². The molecule has 6 rings (SSSR count). The predicted molar refractivity (Wildman–Crippen MR) is 260 cm³/mol. The van der Waals surface area contributed by atoms with Crippen molar-refractivity contribution >= 4 is 15.2 Å². The number of hydrogen-bond acceptors (Lipinski definition) is 9. The van der Waals surface area contributed by atoms with Gasteiger partial charge >= 0.3 is 15.2 Å². The molecule has 0 aliphatic heterocycles. The Morgan fingerprint density at radius 2 is 1.03 bits per heavy atom. The minimum atomic E-state index is -3.94. The Balaban J connectivity index is 0.000000251. The van der Waals surface area contributed by atoms with Gasteiger partial charge in [-0.05, 0) is 172 Å². The van der Waals surface area contributed by atoms with Crippen molar-refractivity contribution in [3.05, 3.63) is 150 Å². The molecule has 2 aromatic heterocycles. The van der Waals surface area contributed by atoms with E-state index in [4.69, 9.17) is 42.6 Å². The molecule has 0 saturated heterocycles. The van der Waals surface area contributed by atoms with Crippen molar-refractivity contribution in [2.75, 3.05) is 45.7 Å². The first-order valence-electron chi connectivity index (χ1n) is 22.8. The van der Waals surface area contributed by atoms with Crippen molar-refractivity contribution in [1.29, 1.82) is 0 Å². The lowest BCUT2D eigenvalue weighted by atomic mass is 10.1. The topological polar surface area (TPSA) is 193 Å². The van der Waals surface area contributed by atoms with Crippen LogP contribution in [0.1, 0.15) is 73.6 Å². The summed E-state index contributed by atoms with van der Waals surface area (Å²) in [6.07, 6.45) is 11.9. The van der Waals surface area contributed by atoms with Crippen LogP contribution in [-0.4, -0.2) is 65.3 Å². The molecule has 0 radical (unpaired) electrons. The quantitative estimate of drug-likeness (QED) is 0.0192. The molecular formula is C51H65FN2O11P2. The highest BCUT2D eigenvalue weighted by molar-refractivity contribution is 7.52. The molecule has 0 atom stereocenters. The lowest BCUT2D eigenvalue weighted by molar-refractivity contribution is 0.305. The zero-order chi connectivity index (χ0) is 47.7. The van der Waals surface area contributed by atoms with Crippen molar-refractivity contribution in [1.82, 2.24) is 10.6 Å². The fourth-order valence-electron chi connectivity index (χ4n) is 7.22. The zero-order valence-electron chi connectivity index (χ0n) is 38.2. The van der Waals surface area contributed by atoms with Crippen molar-refractivity contribution in [2.24, 2.45) is 0 Å². The Kier molecular flexibility index (Phi) is 22.4. The third-order valence-electron chi connectivity index (χ3n) is 10.7. The summed E-state index contributed by atoms with van der Waals surface area (Å²) < 4.78 is 63.5. The monoisotopic (exact) mass is 962 g/mol. The van der Waals surface area contributed by atoms with Gasteiger partial charge in [-0.1, -0.05) is 36.4 Å². The van der Waals surface area contributed by atoms with Gasteiger partial charge in [0.25, 0.3) is 0 Å². The first kappa shape index (κ1) is 53.0. The molecule has 0 amide bonds. The Bertz CT molecular complexity index is 2400. The molecule has 0 fully saturated rings. The molecule has 13 nitrogen and oxygen atoms in total. The summed E-state index contributed by atoms with van der Waals surface area (Å²) in [5, 5.41) is 6.44. The zero-order valence-corrected chi connectivity index (χ0v) is 40.0. The summed E-state index contributed by atoms with van der Waals surface area (Å²) >= 11 is 0. The second-order valence-electron chi connectivity index (χ2n) is 16.2. The third kappa shape index (κ3) is 20.8. The second-order valence-corrected chi connectivity index (χ2v) is 19.8. The first-order chi connectivity index (χ1) is 32.3. The lowest BCUT2D eigenvalue weighted by Gasteiger charge is -2.13. The third-order valence-corrected chi connectivity index (χ3v) is 12.5. The van der Waals surface area contributed by atoms with Gasteiger partial charge in [-0.3, -0.25) is 9.13 Å². The van der Waals surface area contributed by atoms with E-state index in [9.17, 15) is 13.5 Å². The van der Waals surface area contributed by atoms with Crippen LogP contribution in [0, 0.1) is 5.82 Å². The van der Waals surface area contributed by atoms with Crippen LogP contribution in [0.5, 0.6) is 17.2 Å². The van der Waals surface area contributed by atoms with Crippen LogP contribution in [0.4, 0.5) is 4.39 Å². The Labute approximate surface area is 393 Å². The highest BCUT2D eigenvalue weighted by Gasteiger charge is 2.15. The molecule has 4 aromatic carbocycles. The molecule has 0 unspecified atom stereocenters. The highest BCUT2D eigenvalue weighted by atomic mass is 31.2. The van der Waals surface area contributed by atoms with Gasteiger partial charge in [0.15, 0.2) is 0 Å². The summed E-state index contributed by atoms with van der Waals surface area (Å²) in [6, 6.07) is 34.3. The van der Waals surface area contributed by atoms with E-state index in [-0.39, 0.29) is 18.1 Å². The van der Waals surface area contributed by atoms with Crippen LogP contribution in [-0.2, 0) is 35.1 Å². The van der Waals surface area contributed by atoms with Crippen LogP contribution >= 0.6 is 15.2 Å². The highest BCUT2D eigenvalue weighted by Crippen LogP contribution is 2.36. The summed E-state index contributed by atoms with van der Waals surface area (Å²) in [5.41, 5.74) is 6.28. The summed E-state index contributed by atoms with van der Waals surface area (Å²) in [4.78, 5) is 35.8. The van der Waals surface area contributed by atoms with Gasteiger partial charge < -0.3 is 53.3 Å². The fourth-order valence-corrected chi connectivity index (χ4v) is 8.36. The normalized spacial score (nSPS) is 11.6. The van der Waals surface area contributed by atoms with Crippen molar-refractivity contribution < 1.29 is 56.1 Å². The Morgan fingerprint density at radius 3 is 1.49 bits per heavy atom. The molecule has 0 bridgehead atoms. The fraction of sp³-hybridized carbons (Fsp3) is 0.373. The van der Waals surface area contributed by atoms with E-state index in [1.807, 2.05) is 84.9 Å². The molecule has 0 saturated carbocycles. The van der Waals surface area contributed by atoms with Crippen molar-refractivity contribution in [2.45, 2.75) is 77.3 Å².